The fourth-order valence-corrected chi connectivity index (χ4v) is 3.52. The summed E-state index contributed by atoms with van der Waals surface area (Å²) in [4.78, 5) is 9.94. The number of aromatic nitrogens is 3. The average Bonchev–Trinajstić information content (AvgIpc) is 2.70. The molecule has 0 aliphatic rings. The fraction of sp³-hybridized carbons (Fsp3) is 0.150. The van der Waals surface area contributed by atoms with Crippen LogP contribution in [0.3, 0.4) is 0 Å². The molecule has 0 amide bonds. The molecule has 0 unspecified atom stereocenters. The largest absolute Gasteiger partial charge is 0.274 e. The minimum absolute atomic E-state index is 0.238. The van der Waals surface area contributed by atoms with Crippen LogP contribution in [0, 0.1) is 6.92 Å². The van der Waals surface area contributed by atoms with E-state index < -0.39 is 0 Å². The third-order valence-corrected chi connectivity index (χ3v) is 5.37. The molecule has 2 aromatic carbocycles. The second-order valence-corrected chi connectivity index (χ2v) is 7.54. The highest BCUT2D eigenvalue weighted by molar-refractivity contribution is 7.98. The maximum absolute atomic E-state index is 6.11. The van der Waals surface area contributed by atoms with Crippen molar-refractivity contribution < 1.29 is 4.84 Å². The molecule has 3 rings (SSSR count). The van der Waals surface area contributed by atoms with Crippen LogP contribution in [-0.2, 0) is 17.2 Å². The maximum Gasteiger partial charge on any atom is 0.209 e. The van der Waals surface area contributed by atoms with E-state index in [0.29, 0.717) is 15.2 Å². The molecule has 0 aliphatic carbocycles. The van der Waals surface area contributed by atoms with Crippen molar-refractivity contribution in [1.82, 2.24) is 20.7 Å². The molecule has 8 heteroatoms. The SMILES string of the molecule is Cc1nnc(SCc2ccccc2)nc1C=CNOCc1c(Cl)cccc1Cl. The van der Waals surface area contributed by atoms with Gasteiger partial charge < -0.3 is 0 Å². The molecule has 0 saturated carbocycles. The zero-order chi connectivity index (χ0) is 19.8. The molecule has 1 heterocycles. The number of rotatable bonds is 8. The summed E-state index contributed by atoms with van der Waals surface area (Å²) in [6.07, 6.45) is 3.43. The van der Waals surface area contributed by atoms with Crippen LogP contribution in [0.4, 0.5) is 0 Å². The van der Waals surface area contributed by atoms with Crippen LogP contribution >= 0.6 is 35.0 Å². The minimum Gasteiger partial charge on any atom is -0.274 e. The lowest BCUT2D eigenvalue weighted by Gasteiger charge is -2.07. The normalized spacial score (nSPS) is 11.1. The number of aryl methyl sites for hydroxylation is 1. The standard InChI is InChI=1S/C20H18Cl2N4OS/c1-14-19(10-11-23-27-12-16-17(21)8-5-9-18(16)22)24-20(26-25-14)28-13-15-6-3-2-4-7-15/h2-11,23H,12-13H2,1H3. The summed E-state index contributed by atoms with van der Waals surface area (Å²) in [5, 5.41) is 10.1. The van der Waals surface area contributed by atoms with Gasteiger partial charge in [0, 0.05) is 27.6 Å². The van der Waals surface area contributed by atoms with Gasteiger partial charge in [-0.3, -0.25) is 10.3 Å². The van der Waals surface area contributed by atoms with Gasteiger partial charge in [0.25, 0.3) is 0 Å². The van der Waals surface area contributed by atoms with E-state index in [1.54, 1.807) is 42.2 Å². The van der Waals surface area contributed by atoms with Crippen molar-refractivity contribution in [2.45, 2.75) is 24.4 Å². The quantitative estimate of drug-likeness (QED) is 0.289. The monoisotopic (exact) mass is 432 g/mol. The number of nitrogens with zero attached hydrogens (tertiary/aromatic N) is 3. The van der Waals surface area contributed by atoms with Gasteiger partial charge in [-0.15, -0.1) is 5.10 Å². The summed E-state index contributed by atoms with van der Waals surface area (Å²) in [5.41, 5.74) is 6.14. The smallest absolute Gasteiger partial charge is 0.209 e. The van der Waals surface area contributed by atoms with Gasteiger partial charge in [0.2, 0.25) is 5.16 Å². The van der Waals surface area contributed by atoms with E-state index in [2.05, 4.69) is 32.8 Å². The lowest BCUT2D eigenvalue weighted by Crippen LogP contribution is -2.07. The second kappa shape index (κ2) is 10.4. The molecule has 1 aromatic heterocycles. The Morgan fingerprint density at radius 2 is 1.79 bits per heavy atom. The van der Waals surface area contributed by atoms with Crippen LogP contribution in [0.25, 0.3) is 6.08 Å². The molecular formula is C20H18Cl2N4OS. The molecule has 0 fully saturated rings. The summed E-state index contributed by atoms with van der Waals surface area (Å²) in [7, 11) is 0. The summed E-state index contributed by atoms with van der Waals surface area (Å²) >= 11 is 13.8. The zero-order valence-corrected chi connectivity index (χ0v) is 17.4. The molecule has 144 valence electrons. The number of benzene rings is 2. The highest BCUT2D eigenvalue weighted by atomic mass is 35.5. The molecule has 0 bridgehead atoms. The molecule has 3 aromatic rings. The number of hydrogen-bond donors (Lipinski definition) is 1. The summed E-state index contributed by atoms with van der Waals surface area (Å²) in [6.45, 7) is 2.09. The first kappa shape index (κ1) is 20.6. The number of thioether (sulfide) groups is 1. The van der Waals surface area contributed by atoms with Gasteiger partial charge in [-0.05, 0) is 30.7 Å². The van der Waals surface area contributed by atoms with Gasteiger partial charge in [-0.1, -0.05) is 71.4 Å². The van der Waals surface area contributed by atoms with Gasteiger partial charge in [0.15, 0.2) is 0 Å². The molecule has 0 aliphatic heterocycles. The number of hydroxylamine groups is 1. The first-order valence-corrected chi connectivity index (χ1v) is 10.2. The van der Waals surface area contributed by atoms with E-state index in [1.165, 1.54) is 5.56 Å². The predicted molar refractivity (Wildman–Crippen MR) is 114 cm³/mol. The molecular weight excluding hydrogens is 415 g/mol. The minimum atomic E-state index is 0.238. The first-order chi connectivity index (χ1) is 13.6. The Morgan fingerprint density at radius 3 is 2.54 bits per heavy atom. The lowest BCUT2D eigenvalue weighted by molar-refractivity contribution is 0.0582. The van der Waals surface area contributed by atoms with Crippen molar-refractivity contribution in [3.8, 4) is 0 Å². The van der Waals surface area contributed by atoms with E-state index in [9.17, 15) is 0 Å². The molecule has 1 N–H and O–H groups in total. The van der Waals surface area contributed by atoms with Crippen molar-refractivity contribution in [2.24, 2.45) is 0 Å². The molecule has 0 radical (unpaired) electrons. The number of halogens is 2. The van der Waals surface area contributed by atoms with Crippen molar-refractivity contribution in [1.29, 1.82) is 0 Å². The van der Waals surface area contributed by atoms with Crippen LogP contribution in [0.1, 0.15) is 22.5 Å². The van der Waals surface area contributed by atoms with Crippen LogP contribution in [0.2, 0.25) is 10.0 Å². The van der Waals surface area contributed by atoms with Gasteiger partial charge in [0.1, 0.15) is 6.61 Å². The zero-order valence-electron chi connectivity index (χ0n) is 15.1. The third kappa shape index (κ3) is 5.94. The number of hydrogen-bond acceptors (Lipinski definition) is 6. The van der Waals surface area contributed by atoms with Crippen molar-refractivity contribution in [3.63, 3.8) is 0 Å². The van der Waals surface area contributed by atoms with E-state index >= 15 is 0 Å². The van der Waals surface area contributed by atoms with E-state index in [-0.39, 0.29) is 6.61 Å². The van der Waals surface area contributed by atoms with Crippen LogP contribution in [0.5, 0.6) is 0 Å². The van der Waals surface area contributed by atoms with Gasteiger partial charge >= 0.3 is 0 Å². The second-order valence-electron chi connectivity index (χ2n) is 5.78. The Balaban J connectivity index is 1.54. The Bertz CT molecular complexity index is 934. The Hall–Kier alpha value is -2.12. The van der Waals surface area contributed by atoms with Crippen LogP contribution < -0.4 is 5.48 Å². The highest BCUT2D eigenvalue weighted by Gasteiger charge is 2.06. The molecule has 28 heavy (non-hydrogen) atoms. The molecule has 0 saturated heterocycles. The van der Waals surface area contributed by atoms with E-state index in [4.69, 9.17) is 28.0 Å². The van der Waals surface area contributed by atoms with Crippen molar-refractivity contribution in [3.05, 3.63) is 87.3 Å². The molecule has 0 spiro atoms. The van der Waals surface area contributed by atoms with Gasteiger partial charge in [0.05, 0.1) is 11.4 Å². The molecule has 0 atom stereocenters. The van der Waals surface area contributed by atoms with Crippen molar-refractivity contribution in [2.75, 3.05) is 0 Å². The number of nitrogens with one attached hydrogen (secondary N) is 1. The van der Waals surface area contributed by atoms with Crippen molar-refractivity contribution >= 4 is 41.0 Å². The molecule has 5 nitrogen and oxygen atoms in total. The first-order valence-electron chi connectivity index (χ1n) is 8.48. The predicted octanol–water partition coefficient (Wildman–Crippen LogP) is 5.47. The Labute approximate surface area is 178 Å². The highest BCUT2D eigenvalue weighted by Crippen LogP contribution is 2.24. The maximum atomic E-state index is 6.11. The van der Waals surface area contributed by atoms with Crippen LogP contribution in [0.15, 0.2) is 59.9 Å². The van der Waals surface area contributed by atoms with E-state index in [0.717, 1.165) is 22.7 Å². The summed E-state index contributed by atoms with van der Waals surface area (Å²) in [5.74, 6) is 0.786. The third-order valence-electron chi connectivity index (χ3n) is 3.75. The summed E-state index contributed by atoms with van der Waals surface area (Å²) in [6, 6.07) is 15.5. The topological polar surface area (TPSA) is 59.9 Å². The van der Waals surface area contributed by atoms with Gasteiger partial charge in [-0.2, -0.15) is 5.10 Å². The average molecular weight is 433 g/mol. The van der Waals surface area contributed by atoms with Gasteiger partial charge in [-0.25, -0.2) is 4.98 Å². The Kier molecular flexibility index (Phi) is 7.68. The van der Waals surface area contributed by atoms with E-state index in [1.807, 2.05) is 25.1 Å². The Morgan fingerprint density at radius 1 is 1.04 bits per heavy atom. The van der Waals surface area contributed by atoms with Crippen LogP contribution in [-0.4, -0.2) is 15.2 Å². The summed E-state index contributed by atoms with van der Waals surface area (Å²) < 4.78 is 0. The lowest BCUT2D eigenvalue weighted by atomic mass is 10.2. The fourth-order valence-electron chi connectivity index (χ4n) is 2.26.